The van der Waals surface area contributed by atoms with Crippen LogP contribution in [0.3, 0.4) is 0 Å². The van der Waals surface area contributed by atoms with E-state index in [1.165, 1.54) is 6.20 Å². The summed E-state index contributed by atoms with van der Waals surface area (Å²) in [5.74, 6) is -0.256. The van der Waals surface area contributed by atoms with Crippen LogP contribution in [0.15, 0.2) is 11.9 Å². The molecular weight excluding hydrogens is 158 g/mol. The zero-order chi connectivity index (χ0) is 9.40. The Morgan fingerprint density at radius 2 is 2.33 bits per heavy atom. The molecule has 0 heterocycles. The van der Waals surface area contributed by atoms with Gasteiger partial charge in [-0.15, -0.1) is 0 Å². The third kappa shape index (κ3) is 3.82. The zero-order valence-corrected chi connectivity index (χ0v) is 7.13. The fraction of sp³-hybridized carbons (Fsp3) is 0.571. The lowest BCUT2D eigenvalue weighted by atomic mass is 10.4. The Morgan fingerprint density at radius 1 is 1.67 bits per heavy atom. The molecule has 0 saturated carbocycles. The Labute approximate surface area is 71.6 Å². The standard InChI is InChI=1S/C7H15N3O2/c1-9-6(5-8)7(12)10-3-2-4-11/h5,9,11H,2-4,8H2,1H3,(H,10,12)/b6-5-. The van der Waals surface area contributed by atoms with Crippen molar-refractivity contribution in [1.82, 2.24) is 10.6 Å². The fourth-order valence-corrected chi connectivity index (χ4v) is 0.649. The molecule has 0 atom stereocenters. The van der Waals surface area contributed by atoms with Crippen LogP contribution in [-0.2, 0) is 4.79 Å². The van der Waals surface area contributed by atoms with Gasteiger partial charge in [-0.3, -0.25) is 4.79 Å². The summed E-state index contributed by atoms with van der Waals surface area (Å²) in [6.07, 6.45) is 1.75. The minimum absolute atomic E-state index is 0.0709. The maximum atomic E-state index is 11.1. The predicted octanol–water partition coefficient (Wildman–Crippen LogP) is -1.50. The van der Waals surface area contributed by atoms with Crippen LogP contribution >= 0.6 is 0 Å². The molecule has 12 heavy (non-hydrogen) atoms. The van der Waals surface area contributed by atoms with E-state index in [0.717, 1.165) is 0 Å². The highest BCUT2D eigenvalue weighted by molar-refractivity contribution is 5.92. The molecule has 0 spiro atoms. The first kappa shape index (κ1) is 10.8. The number of aliphatic hydroxyl groups is 1. The van der Waals surface area contributed by atoms with Gasteiger partial charge in [-0.1, -0.05) is 0 Å². The molecule has 0 aliphatic carbocycles. The number of nitrogens with one attached hydrogen (secondary N) is 2. The Kier molecular flexibility index (Phi) is 5.81. The van der Waals surface area contributed by atoms with Gasteiger partial charge in [0.25, 0.3) is 5.91 Å². The van der Waals surface area contributed by atoms with Crippen LogP contribution in [0.2, 0.25) is 0 Å². The molecule has 0 rings (SSSR count). The summed E-state index contributed by atoms with van der Waals surface area (Å²) < 4.78 is 0. The SMILES string of the molecule is CN/C(=C\N)C(=O)NCCCO. The normalized spacial score (nSPS) is 11.0. The summed E-state index contributed by atoms with van der Waals surface area (Å²) in [7, 11) is 1.62. The van der Waals surface area contributed by atoms with Gasteiger partial charge in [0.05, 0.1) is 0 Å². The number of hydrogen-bond acceptors (Lipinski definition) is 4. The van der Waals surface area contributed by atoms with Crippen molar-refractivity contribution in [3.63, 3.8) is 0 Å². The average molecular weight is 173 g/mol. The minimum atomic E-state index is -0.256. The number of hydrogen-bond donors (Lipinski definition) is 4. The first-order valence-electron chi connectivity index (χ1n) is 3.75. The molecule has 5 N–H and O–H groups in total. The first-order valence-corrected chi connectivity index (χ1v) is 3.75. The quantitative estimate of drug-likeness (QED) is 0.301. The van der Waals surface area contributed by atoms with Gasteiger partial charge in [0, 0.05) is 26.4 Å². The second-order valence-corrected chi connectivity index (χ2v) is 2.16. The Balaban J connectivity index is 3.71. The van der Waals surface area contributed by atoms with E-state index >= 15 is 0 Å². The summed E-state index contributed by atoms with van der Waals surface area (Å²) in [6, 6.07) is 0. The maximum Gasteiger partial charge on any atom is 0.268 e. The predicted molar refractivity (Wildman–Crippen MR) is 46.0 cm³/mol. The van der Waals surface area contributed by atoms with Crippen molar-refractivity contribution in [2.24, 2.45) is 5.73 Å². The molecule has 0 aromatic rings. The van der Waals surface area contributed by atoms with Crippen molar-refractivity contribution in [2.75, 3.05) is 20.2 Å². The molecule has 70 valence electrons. The lowest BCUT2D eigenvalue weighted by Crippen LogP contribution is -2.31. The number of aliphatic hydroxyl groups excluding tert-OH is 1. The number of carbonyl (C=O) groups excluding carboxylic acids is 1. The van der Waals surface area contributed by atoms with Crippen LogP contribution in [0.5, 0.6) is 0 Å². The van der Waals surface area contributed by atoms with Gasteiger partial charge in [-0.25, -0.2) is 0 Å². The largest absolute Gasteiger partial charge is 0.403 e. The van der Waals surface area contributed by atoms with E-state index in [9.17, 15) is 4.79 Å². The molecule has 5 heteroatoms. The molecule has 0 unspecified atom stereocenters. The number of rotatable bonds is 5. The van der Waals surface area contributed by atoms with Crippen molar-refractivity contribution in [3.8, 4) is 0 Å². The van der Waals surface area contributed by atoms with Gasteiger partial charge in [0.1, 0.15) is 5.70 Å². The highest BCUT2D eigenvalue weighted by atomic mass is 16.3. The van der Waals surface area contributed by atoms with E-state index in [1.807, 2.05) is 0 Å². The molecular formula is C7H15N3O2. The number of likely N-dealkylation sites (N-methyl/N-ethyl adjacent to an activating group) is 1. The molecule has 1 amide bonds. The highest BCUT2D eigenvalue weighted by Crippen LogP contribution is 1.84. The third-order valence-electron chi connectivity index (χ3n) is 1.30. The lowest BCUT2D eigenvalue weighted by molar-refractivity contribution is -0.117. The fourth-order valence-electron chi connectivity index (χ4n) is 0.649. The van der Waals surface area contributed by atoms with Crippen LogP contribution in [0, 0.1) is 0 Å². The maximum absolute atomic E-state index is 11.1. The molecule has 0 saturated heterocycles. The number of carbonyl (C=O) groups is 1. The van der Waals surface area contributed by atoms with Crippen molar-refractivity contribution < 1.29 is 9.90 Å². The van der Waals surface area contributed by atoms with E-state index in [-0.39, 0.29) is 12.5 Å². The van der Waals surface area contributed by atoms with Crippen molar-refractivity contribution in [3.05, 3.63) is 11.9 Å². The topological polar surface area (TPSA) is 87.4 Å². The van der Waals surface area contributed by atoms with Crippen molar-refractivity contribution >= 4 is 5.91 Å². The molecule has 5 nitrogen and oxygen atoms in total. The van der Waals surface area contributed by atoms with E-state index in [1.54, 1.807) is 7.05 Å². The highest BCUT2D eigenvalue weighted by Gasteiger charge is 2.04. The molecule has 0 bridgehead atoms. The van der Waals surface area contributed by atoms with Gasteiger partial charge in [0.2, 0.25) is 0 Å². The summed E-state index contributed by atoms with van der Waals surface area (Å²) in [5.41, 5.74) is 5.48. The molecule has 0 radical (unpaired) electrons. The van der Waals surface area contributed by atoms with Crippen molar-refractivity contribution in [1.29, 1.82) is 0 Å². The van der Waals surface area contributed by atoms with E-state index in [2.05, 4.69) is 10.6 Å². The van der Waals surface area contributed by atoms with Crippen LogP contribution in [-0.4, -0.2) is 31.2 Å². The van der Waals surface area contributed by atoms with Gasteiger partial charge >= 0.3 is 0 Å². The van der Waals surface area contributed by atoms with E-state index in [0.29, 0.717) is 18.7 Å². The average Bonchev–Trinajstić information content (AvgIpc) is 2.07. The molecule has 0 aliphatic heterocycles. The van der Waals surface area contributed by atoms with Crippen LogP contribution in [0.25, 0.3) is 0 Å². The minimum Gasteiger partial charge on any atom is -0.403 e. The van der Waals surface area contributed by atoms with Crippen LogP contribution in [0.4, 0.5) is 0 Å². The summed E-state index contributed by atoms with van der Waals surface area (Å²) in [5, 5.41) is 13.6. The molecule has 0 aliphatic rings. The summed E-state index contributed by atoms with van der Waals surface area (Å²) >= 11 is 0. The van der Waals surface area contributed by atoms with Crippen molar-refractivity contribution in [2.45, 2.75) is 6.42 Å². The van der Waals surface area contributed by atoms with Gasteiger partial charge in [0.15, 0.2) is 0 Å². The molecule has 0 aromatic carbocycles. The second-order valence-electron chi connectivity index (χ2n) is 2.16. The summed E-state index contributed by atoms with van der Waals surface area (Å²) in [4.78, 5) is 11.1. The Hall–Kier alpha value is -1.23. The second kappa shape index (κ2) is 6.48. The molecule has 0 aromatic heterocycles. The zero-order valence-electron chi connectivity index (χ0n) is 7.13. The van der Waals surface area contributed by atoms with E-state index in [4.69, 9.17) is 10.8 Å². The third-order valence-corrected chi connectivity index (χ3v) is 1.30. The smallest absolute Gasteiger partial charge is 0.268 e. The summed E-state index contributed by atoms with van der Waals surface area (Å²) in [6.45, 7) is 0.524. The molecule has 0 fully saturated rings. The van der Waals surface area contributed by atoms with Gasteiger partial charge in [-0.2, -0.15) is 0 Å². The van der Waals surface area contributed by atoms with Gasteiger partial charge < -0.3 is 21.5 Å². The van der Waals surface area contributed by atoms with Crippen LogP contribution < -0.4 is 16.4 Å². The Morgan fingerprint density at radius 3 is 2.75 bits per heavy atom. The monoisotopic (exact) mass is 173 g/mol. The van der Waals surface area contributed by atoms with Gasteiger partial charge in [-0.05, 0) is 6.42 Å². The number of nitrogens with two attached hydrogens (primary N) is 1. The van der Waals surface area contributed by atoms with Crippen LogP contribution in [0.1, 0.15) is 6.42 Å². The van der Waals surface area contributed by atoms with E-state index < -0.39 is 0 Å². The first-order chi connectivity index (χ1) is 5.76. The lowest BCUT2D eigenvalue weighted by Gasteiger charge is -2.06. The Bertz CT molecular complexity index is 168. The number of amides is 1.